The highest BCUT2D eigenvalue weighted by atomic mass is 16.5. The fraction of sp³-hybridized carbons (Fsp3) is 0.538. The normalized spacial score (nSPS) is 27.9. The lowest BCUT2D eigenvalue weighted by molar-refractivity contribution is 0.0796. The number of aromatic amines is 1. The van der Waals surface area contributed by atoms with Gasteiger partial charge in [-0.3, -0.25) is 10.1 Å². The van der Waals surface area contributed by atoms with Crippen LogP contribution in [-0.2, 0) is 10.2 Å². The minimum atomic E-state index is -0.514. The smallest absolute Gasteiger partial charge is 0.130 e. The second-order valence-electron chi connectivity index (χ2n) is 9.99. The summed E-state index contributed by atoms with van der Waals surface area (Å²) in [5, 5.41) is 18.8. The van der Waals surface area contributed by atoms with Crippen molar-refractivity contribution < 1.29 is 4.74 Å². The van der Waals surface area contributed by atoms with E-state index in [1.807, 2.05) is 18.3 Å². The van der Waals surface area contributed by atoms with Crippen LogP contribution in [-0.4, -0.2) is 70.0 Å². The van der Waals surface area contributed by atoms with Gasteiger partial charge in [0.15, 0.2) is 0 Å². The number of pyridine rings is 2. The van der Waals surface area contributed by atoms with Crippen molar-refractivity contribution in [2.75, 3.05) is 37.7 Å². The first kappa shape index (κ1) is 21.5. The van der Waals surface area contributed by atoms with Gasteiger partial charge < -0.3 is 14.5 Å². The number of morpholine rings is 1. The number of aromatic nitrogens is 4. The Labute approximate surface area is 199 Å². The number of fused-ring (bicyclic) bond motifs is 1. The predicted molar refractivity (Wildman–Crippen MR) is 130 cm³/mol. The maximum absolute atomic E-state index is 10.6. The molecule has 0 radical (unpaired) electrons. The van der Waals surface area contributed by atoms with Crippen LogP contribution in [0.5, 0.6) is 0 Å². The van der Waals surface area contributed by atoms with Crippen molar-refractivity contribution in [2.45, 2.75) is 56.5 Å². The Kier molecular flexibility index (Phi) is 5.47. The molecule has 6 rings (SSSR count). The number of nitriles is 1. The molecule has 5 heterocycles. The lowest BCUT2D eigenvalue weighted by Crippen LogP contribution is -2.48. The van der Waals surface area contributed by atoms with Crippen LogP contribution in [0, 0.1) is 11.3 Å². The van der Waals surface area contributed by atoms with E-state index in [1.165, 1.54) is 19.5 Å². The number of likely N-dealkylation sites (tertiary alicyclic amines) is 1. The van der Waals surface area contributed by atoms with Gasteiger partial charge in [-0.2, -0.15) is 10.4 Å². The summed E-state index contributed by atoms with van der Waals surface area (Å²) in [6.07, 6.45) is 8.76. The van der Waals surface area contributed by atoms with Crippen molar-refractivity contribution in [2.24, 2.45) is 0 Å². The summed E-state index contributed by atoms with van der Waals surface area (Å²) >= 11 is 0. The molecule has 176 valence electrons. The minimum Gasteiger partial charge on any atom is -0.377 e. The molecule has 3 aromatic rings. The van der Waals surface area contributed by atoms with Crippen LogP contribution < -0.4 is 4.90 Å². The molecule has 2 saturated heterocycles. The van der Waals surface area contributed by atoms with Crippen LogP contribution in [0.15, 0.2) is 30.6 Å². The molecular formula is C26H31N7O. The van der Waals surface area contributed by atoms with Gasteiger partial charge in [-0.15, -0.1) is 0 Å². The summed E-state index contributed by atoms with van der Waals surface area (Å²) in [6, 6.07) is 9.77. The molecule has 2 aliphatic heterocycles. The monoisotopic (exact) mass is 457 g/mol. The van der Waals surface area contributed by atoms with Crippen LogP contribution in [0.3, 0.4) is 0 Å². The second-order valence-corrected chi connectivity index (χ2v) is 9.99. The number of nitrogens with one attached hydrogen (secondary N) is 1. The lowest BCUT2D eigenvalue weighted by Gasteiger charge is -2.44. The molecule has 3 aromatic heterocycles. The second kappa shape index (κ2) is 8.64. The quantitative estimate of drug-likeness (QED) is 0.639. The van der Waals surface area contributed by atoms with Gasteiger partial charge >= 0.3 is 0 Å². The van der Waals surface area contributed by atoms with Crippen molar-refractivity contribution in [1.29, 1.82) is 5.26 Å². The predicted octanol–water partition coefficient (Wildman–Crippen LogP) is 3.65. The van der Waals surface area contributed by atoms with Gasteiger partial charge in [-0.25, -0.2) is 4.98 Å². The summed E-state index contributed by atoms with van der Waals surface area (Å²) in [4.78, 5) is 14.7. The fourth-order valence-corrected chi connectivity index (χ4v) is 5.94. The van der Waals surface area contributed by atoms with Crippen molar-refractivity contribution >= 4 is 16.7 Å². The molecule has 34 heavy (non-hydrogen) atoms. The van der Waals surface area contributed by atoms with E-state index in [-0.39, 0.29) is 6.04 Å². The van der Waals surface area contributed by atoms with Crippen molar-refractivity contribution in [3.05, 3.63) is 36.2 Å². The number of H-pyrrole nitrogens is 1. The maximum atomic E-state index is 10.6. The fourth-order valence-electron chi connectivity index (χ4n) is 5.94. The average Bonchev–Trinajstić information content (AvgIpc) is 3.38. The van der Waals surface area contributed by atoms with E-state index in [2.05, 4.69) is 44.0 Å². The van der Waals surface area contributed by atoms with E-state index in [1.54, 1.807) is 6.20 Å². The molecule has 3 aliphatic rings. The summed E-state index contributed by atoms with van der Waals surface area (Å²) in [7, 11) is 0. The molecule has 0 aromatic carbocycles. The van der Waals surface area contributed by atoms with Crippen molar-refractivity contribution in [3.63, 3.8) is 0 Å². The first-order valence-electron chi connectivity index (χ1n) is 12.5. The summed E-state index contributed by atoms with van der Waals surface area (Å²) in [6.45, 7) is 6.73. The number of hydrogen-bond donors (Lipinski definition) is 1. The van der Waals surface area contributed by atoms with Gasteiger partial charge in [-0.1, -0.05) is 0 Å². The van der Waals surface area contributed by atoms with Crippen molar-refractivity contribution in [3.8, 4) is 17.5 Å². The third-order valence-electron chi connectivity index (χ3n) is 8.08. The Balaban J connectivity index is 1.49. The number of anilines is 1. The van der Waals surface area contributed by atoms with Crippen LogP contribution in [0.2, 0.25) is 0 Å². The Bertz CT molecular complexity index is 1210. The Morgan fingerprint density at radius 2 is 2.03 bits per heavy atom. The van der Waals surface area contributed by atoms with E-state index in [4.69, 9.17) is 9.72 Å². The maximum Gasteiger partial charge on any atom is 0.130 e. The van der Waals surface area contributed by atoms with Crippen LogP contribution in [0.1, 0.15) is 44.6 Å². The average molecular weight is 458 g/mol. The van der Waals surface area contributed by atoms with Gasteiger partial charge in [0.1, 0.15) is 17.0 Å². The van der Waals surface area contributed by atoms with E-state index in [9.17, 15) is 5.26 Å². The molecule has 1 saturated carbocycles. The lowest BCUT2D eigenvalue weighted by atomic mass is 9.68. The number of ether oxygens (including phenoxy) is 1. The highest BCUT2D eigenvalue weighted by Gasteiger charge is 2.41. The summed E-state index contributed by atoms with van der Waals surface area (Å²) in [5.41, 5.74) is 3.03. The molecule has 0 unspecified atom stereocenters. The first-order chi connectivity index (χ1) is 16.7. The largest absolute Gasteiger partial charge is 0.377 e. The zero-order valence-corrected chi connectivity index (χ0v) is 19.7. The van der Waals surface area contributed by atoms with Crippen LogP contribution >= 0.6 is 0 Å². The van der Waals surface area contributed by atoms with Gasteiger partial charge in [-0.05, 0) is 75.9 Å². The summed E-state index contributed by atoms with van der Waals surface area (Å²) in [5.74, 6) is 0.909. The molecular weight excluding hydrogens is 426 g/mol. The number of hydrogen-bond acceptors (Lipinski definition) is 7. The molecule has 1 N–H and O–H groups in total. The highest BCUT2D eigenvalue weighted by molar-refractivity contribution is 5.94. The molecule has 1 aliphatic carbocycles. The van der Waals surface area contributed by atoms with Gasteiger partial charge in [0.05, 0.1) is 36.4 Å². The summed E-state index contributed by atoms with van der Waals surface area (Å²) < 4.78 is 5.69. The minimum absolute atomic E-state index is 0.221. The third kappa shape index (κ3) is 3.55. The topological polar surface area (TPSA) is 94.0 Å². The van der Waals surface area contributed by atoms with Crippen LogP contribution in [0.25, 0.3) is 22.3 Å². The zero-order valence-electron chi connectivity index (χ0n) is 19.7. The highest BCUT2D eigenvalue weighted by Crippen LogP contribution is 2.45. The number of rotatable bonds is 4. The van der Waals surface area contributed by atoms with E-state index in [0.29, 0.717) is 19.3 Å². The standard InChI is InChI=1S/C26H31N7O/c1-18-16-34-14-13-33(18)23-15-21(26(17-27)7-3-19(4-8-26)32-11-2-12-32)20-5-9-28-25(24(20)30-23)22-6-10-29-31-22/h5-6,9-10,15,18-19H,2-4,7-8,11-14,16H2,1H3,(H,29,31)/t18-,19?,26?/m1/s1. The molecule has 0 spiro atoms. The van der Waals surface area contributed by atoms with Crippen LogP contribution in [0.4, 0.5) is 5.82 Å². The zero-order chi connectivity index (χ0) is 23.1. The van der Waals surface area contributed by atoms with Gasteiger partial charge in [0.25, 0.3) is 0 Å². The molecule has 1 atom stereocenters. The van der Waals surface area contributed by atoms with Gasteiger partial charge in [0.2, 0.25) is 0 Å². The molecule has 0 bridgehead atoms. The first-order valence-corrected chi connectivity index (χ1v) is 12.5. The molecule has 8 nitrogen and oxygen atoms in total. The van der Waals surface area contributed by atoms with Gasteiger partial charge in [0, 0.05) is 30.4 Å². The Morgan fingerprint density at radius 1 is 1.18 bits per heavy atom. The molecule has 0 amide bonds. The Morgan fingerprint density at radius 3 is 2.71 bits per heavy atom. The Hall–Kier alpha value is -3.02. The number of nitrogens with zero attached hydrogens (tertiary/aromatic N) is 6. The molecule has 3 fully saturated rings. The third-order valence-corrected chi connectivity index (χ3v) is 8.08. The van der Waals surface area contributed by atoms with E-state index < -0.39 is 5.41 Å². The molecule has 8 heteroatoms. The van der Waals surface area contributed by atoms with E-state index >= 15 is 0 Å². The SMILES string of the molecule is C[C@@H]1COCCN1c1cc(C2(C#N)CCC(N3CCC3)CC2)c2ccnc(-c3ccn[nH]3)c2n1. The van der Waals surface area contributed by atoms with E-state index in [0.717, 1.165) is 65.9 Å². The van der Waals surface area contributed by atoms with Crippen molar-refractivity contribution in [1.82, 2.24) is 25.1 Å².